The normalized spacial score (nSPS) is 47.6. The molecule has 6 aliphatic rings. The Kier molecular flexibility index (Phi) is 18.3. The summed E-state index contributed by atoms with van der Waals surface area (Å²) in [5.41, 5.74) is -4.46. The largest absolute Gasteiger partial charge is 0.458 e. The fraction of sp³-hybridized carbons (Fsp3) is 0.897. The second-order valence-corrected chi connectivity index (χ2v) is 13.8. The lowest BCUT2D eigenvalue weighted by Gasteiger charge is -2.68. The van der Waals surface area contributed by atoms with Gasteiger partial charge < -0.3 is 98.9 Å². The molecule has 2 aliphatic heterocycles. The van der Waals surface area contributed by atoms with E-state index in [1.54, 1.807) is 0 Å². The Morgan fingerprint density at radius 1 is 0.878 bits per heavy atom. The van der Waals surface area contributed by atoms with E-state index in [1.165, 1.54) is 13.0 Å². The number of aliphatic hydroxyl groups excluding tert-OH is 6. The molecule has 4 aliphatic carbocycles. The highest BCUT2D eigenvalue weighted by molar-refractivity contribution is 5.85. The highest BCUT2D eigenvalue weighted by Crippen LogP contribution is 2.70. The molecule has 1 saturated heterocycles. The van der Waals surface area contributed by atoms with Crippen molar-refractivity contribution in [2.24, 2.45) is 28.6 Å². The van der Waals surface area contributed by atoms with Gasteiger partial charge in [-0.1, -0.05) is 6.92 Å². The monoisotopic (exact) mass is 728 g/mol. The molecule has 20 heteroatoms. The van der Waals surface area contributed by atoms with E-state index in [0.717, 1.165) is 5.57 Å². The summed E-state index contributed by atoms with van der Waals surface area (Å²) in [5.74, 6) is -1.93. The average Bonchev–Trinajstić information content (AvgIpc) is 3.45. The smallest absolute Gasteiger partial charge is 0.331 e. The zero-order valence-corrected chi connectivity index (χ0v) is 27.5. The van der Waals surface area contributed by atoms with Crippen LogP contribution >= 0.6 is 0 Å². The Hall–Kier alpha value is -1.51. The highest BCUT2D eigenvalue weighted by Gasteiger charge is 2.75. The van der Waals surface area contributed by atoms with Gasteiger partial charge in [0, 0.05) is 30.3 Å². The van der Waals surface area contributed by atoms with Crippen LogP contribution in [0.25, 0.3) is 0 Å². The summed E-state index contributed by atoms with van der Waals surface area (Å²) >= 11 is 0. The van der Waals surface area contributed by atoms with Crippen LogP contribution < -0.4 is 0 Å². The van der Waals surface area contributed by atoms with E-state index in [2.05, 4.69) is 0 Å². The standard InChI is InChI=1S/C29H44O12.8H2O/c1-13-22(34)23(35)24(36)25(40-13)41-15-8-19(32)28(12-30)21-17(3-5-27(28,37)9-15)29(38)6-4-16(14-7-20(33)39-11-14)26(29,2)10-18(21)31;;;;;;;;/h7,13,15-19,21-25,30-32,34-38H,3-6,8-12H2,1-2H3;8*1H2/t13-,15-,16+,17-,18-,19+,21-,22-,23+,24+,25-,26-,27-,28+,29-;;;;;;;;/m0......../s1. The first-order valence-electron chi connectivity index (χ1n) is 14.9. The average molecular weight is 729 g/mol. The minimum atomic E-state index is -1.67. The van der Waals surface area contributed by atoms with E-state index in [4.69, 9.17) is 14.2 Å². The Labute approximate surface area is 282 Å². The molecule has 0 spiro atoms. The van der Waals surface area contributed by atoms with Crippen LogP contribution in [-0.2, 0) is 19.0 Å². The molecule has 24 N–H and O–H groups in total. The molecule has 4 saturated carbocycles. The van der Waals surface area contributed by atoms with E-state index >= 15 is 0 Å². The van der Waals surface area contributed by atoms with Crippen molar-refractivity contribution in [2.45, 2.75) is 119 Å². The van der Waals surface area contributed by atoms with E-state index in [-0.39, 0.29) is 82.0 Å². The second kappa shape index (κ2) is 17.3. The maximum Gasteiger partial charge on any atom is 0.331 e. The van der Waals surface area contributed by atoms with Gasteiger partial charge >= 0.3 is 5.97 Å². The molecular weight excluding hydrogens is 668 g/mol. The molecule has 20 nitrogen and oxygen atoms in total. The van der Waals surface area contributed by atoms with Crippen LogP contribution in [0.15, 0.2) is 11.6 Å². The molecule has 49 heavy (non-hydrogen) atoms. The van der Waals surface area contributed by atoms with Crippen molar-refractivity contribution in [1.82, 2.24) is 0 Å². The Morgan fingerprint density at radius 2 is 1.49 bits per heavy atom. The number of hydrogen-bond acceptors (Lipinski definition) is 12. The number of fused-ring (bicyclic) bond motifs is 5. The molecule has 0 aromatic heterocycles. The summed E-state index contributed by atoms with van der Waals surface area (Å²) in [6, 6.07) is 0. The van der Waals surface area contributed by atoms with Crippen LogP contribution in [0, 0.1) is 28.6 Å². The van der Waals surface area contributed by atoms with Crippen molar-refractivity contribution in [2.75, 3.05) is 13.2 Å². The fourth-order valence-electron chi connectivity index (χ4n) is 10.1. The van der Waals surface area contributed by atoms with Gasteiger partial charge in [-0.25, -0.2) is 4.79 Å². The molecule has 0 bridgehead atoms. The van der Waals surface area contributed by atoms with Crippen LogP contribution in [-0.4, -0.2) is 164 Å². The lowest BCUT2D eigenvalue weighted by atomic mass is 9.40. The lowest BCUT2D eigenvalue weighted by molar-refractivity contribution is -0.342. The van der Waals surface area contributed by atoms with Crippen LogP contribution in [0.1, 0.15) is 58.8 Å². The van der Waals surface area contributed by atoms with Crippen molar-refractivity contribution < 1.29 is 104 Å². The molecule has 0 aromatic rings. The lowest BCUT2D eigenvalue weighted by Crippen LogP contribution is -2.76. The summed E-state index contributed by atoms with van der Waals surface area (Å²) in [4.78, 5) is 11.8. The van der Waals surface area contributed by atoms with Gasteiger partial charge in [0.05, 0.1) is 47.6 Å². The minimum Gasteiger partial charge on any atom is -0.458 e. The number of aliphatic hydroxyl groups is 8. The van der Waals surface area contributed by atoms with Gasteiger partial charge in [-0.3, -0.25) is 0 Å². The third kappa shape index (κ3) is 7.02. The zero-order chi connectivity index (χ0) is 29.7. The molecular formula is C29H60O20. The van der Waals surface area contributed by atoms with Crippen LogP contribution in [0.3, 0.4) is 0 Å². The number of hydrogen-bond donors (Lipinski definition) is 8. The number of carbonyl (C=O) groups excluding carboxylic acids is 1. The summed E-state index contributed by atoms with van der Waals surface area (Å²) < 4.78 is 16.7. The Morgan fingerprint density at radius 3 is 2.04 bits per heavy atom. The van der Waals surface area contributed by atoms with Gasteiger partial charge in [-0.05, 0) is 56.4 Å². The Bertz CT molecular complexity index is 1100. The van der Waals surface area contributed by atoms with E-state index in [0.29, 0.717) is 19.3 Å². The van der Waals surface area contributed by atoms with Crippen molar-refractivity contribution in [1.29, 1.82) is 0 Å². The second-order valence-electron chi connectivity index (χ2n) is 13.8. The number of ether oxygens (including phenoxy) is 3. The van der Waals surface area contributed by atoms with Crippen molar-refractivity contribution in [3.63, 3.8) is 0 Å². The zero-order valence-electron chi connectivity index (χ0n) is 27.5. The summed E-state index contributed by atoms with van der Waals surface area (Å²) in [5, 5.41) is 89.6. The molecule has 0 radical (unpaired) electrons. The molecule has 2 heterocycles. The van der Waals surface area contributed by atoms with Crippen molar-refractivity contribution in [3.05, 3.63) is 11.6 Å². The molecule has 6 rings (SSSR count). The first kappa shape index (κ1) is 51.9. The number of carbonyl (C=O) groups is 1. The van der Waals surface area contributed by atoms with Crippen LogP contribution in [0.4, 0.5) is 0 Å². The maximum atomic E-state index is 12.4. The third-order valence-electron chi connectivity index (χ3n) is 12.2. The first-order valence-corrected chi connectivity index (χ1v) is 14.9. The molecule has 296 valence electrons. The number of cyclic esters (lactones) is 1. The van der Waals surface area contributed by atoms with Crippen molar-refractivity contribution >= 4 is 5.97 Å². The highest BCUT2D eigenvalue weighted by atomic mass is 16.7. The van der Waals surface area contributed by atoms with Gasteiger partial charge in [0.25, 0.3) is 0 Å². The third-order valence-corrected chi connectivity index (χ3v) is 12.2. The number of rotatable bonds is 4. The van der Waals surface area contributed by atoms with Crippen LogP contribution in [0.2, 0.25) is 0 Å². The number of esters is 1. The predicted molar refractivity (Wildman–Crippen MR) is 168 cm³/mol. The maximum absolute atomic E-state index is 12.4. The van der Waals surface area contributed by atoms with Gasteiger partial charge in [-0.15, -0.1) is 0 Å². The summed E-state index contributed by atoms with van der Waals surface area (Å²) in [7, 11) is 0. The topological polar surface area (TPSA) is 459 Å². The van der Waals surface area contributed by atoms with Gasteiger partial charge in [-0.2, -0.15) is 0 Å². The molecule has 5 fully saturated rings. The quantitative estimate of drug-likeness (QED) is 0.0988. The van der Waals surface area contributed by atoms with Crippen LogP contribution in [0.5, 0.6) is 0 Å². The Balaban J connectivity index is -0.00000264. The van der Waals surface area contributed by atoms with E-state index in [9.17, 15) is 45.6 Å². The SMILES string of the molecule is C[C@@H]1O[C@@H](O[C@H]2C[C@@H](O)[C@]3(CO)[C@@H]4[C@@H](O)C[C@@]5(C)[C@@H](C6=CC(=O)OC6)CC[C@]5(O)[C@H]4CC[C@]3(O)C2)[C@H](O)[C@H](O)[C@H]1O.O.O.O.O.O.O.O.O. The summed E-state index contributed by atoms with van der Waals surface area (Å²) in [6.45, 7) is 3.00. The molecule has 0 aromatic carbocycles. The first-order chi connectivity index (χ1) is 19.2. The minimum absolute atomic E-state index is 0. The van der Waals surface area contributed by atoms with E-state index < -0.39 is 95.5 Å². The van der Waals surface area contributed by atoms with Gasteiger partial charge in [0.2, 0.25) is 0 Å². The molecule has 0 unspecified atom stereocenters. The van der Waals surface area contributed by atoms with Crippen molar-refractivity contribution in [3.8, 4) is 0 Å². The molecule has 15 atom stereocenters. The van der Waals surface area contributed by atoms with Gasteiger partial charge in [0.15, 0.2) is 6.29 Å². The predicted octanol–water partition coefficient (Wildman–Crippen LogP) is -8.11. The summed E-state index contributed by atoms with van der Waals surface area (Å²) in [6.07, 6.45) is -6.68. The fourth-order valence-corrected chi connectivity index (χ4v) is 10.1. The molecule has 0 amide bonds. The van der Waals surface area contributed by atoms with E-state index in [1.807, 2.05) is 6.92 Å². The van der Waals surface area contributed by atoms with Gasteiger partial charge in [0.1, 0.15) is 24.9 Å².